The van der Waals surface area contributed by atoms with E-state index < -0.39 is 0 Å². The van der Waals surface area contributed by atoms with Crippen LogP contribution in [0.25, 0.3) is 0 Å². The molecular formula is C17H27FN2. The molecule has 0 bridgehead atoms. The zero-order valence-electron chi connectivity index (χ0n) is 12.8. The van der Waals surface area contributed by atoms with Gasteiger partial charge in [-0.15, -0.1) is 0 Å². The maximum Gasteiger partial charge on any atom is 0.146 e. The van der Waals surface area contributed by atoms with E-state index in [1.807, 2.05) is 12.1 Å². The molecule has 2 rings (SSSR count). The van der Waals surface area contributed by atoms with Crippen molar-refractivity contribution in [2.75, 3.05) is 24.5 Å². The van der Waals surface area contributed by atoms with Crippen molar-refractivity contribution >= 4 is 5.69 Å². The zero-order valence-corrected chi connectivity index (χ0v) is 12.8. The Morgan fingerprint density at radius 1 is 1.25 bits per heavy atom. The van der Waals surface area contributed by atoms with Crippen LogP contribution in [0.15, 0.2) is 18.2 Å². The Bertz CT molecular complexity index is 419. The van der Waals surface area contributed by atoms with Crippen LogP contribution in [0.5, 0.6) is 0 Å². The summed E-state index contributed by atoms with van der Waals surface area (Å²) in [5, 5.41) is 3.31. The fourth-order valence-corrected chi connectivity index (χ4v) is 3.11. The van der Waals surface area contributed by atoms with Gasteiger partial charge < -0.3 is 10.2 Å². The van der Waals surface area contributed by atoms with Crippen molar-refractivity contribution in [2.24, 2.45) is 5.92 Å². The van der Waals surface area contributed by atoms with Crippen molar-refractivity contribution in [3.8, 4) is 0 Å². The third-order valence-electron chi connectivity index (χ3n) is 4.38. The molecule has 0 aromatic heterocycles. The smallest absolute Gasteiger partial charge is 0.146 e. The van der Waals surface area contributed by atoms with Gasteiger partial charge in [0.05, 0.1) is 5.69 Å². The normalized spacial score (nSPS) is 19.9. The minimum absolute atomic E-state index is 0.0737. The van der Waals surface area contributed by atoms with Crippen molar-refractivity contribution in [3.63, 3.8) is 0 Å². The highest BCUT2D eigenvalue weighted by molar-refractivity contribution is 5.55. The molecule has 1 N–H and O–H groups in total. The van der Waals surface area contributed by atoms with E-state index in [0.717, 1.165) is 43.3 Å². The van der Waals surface area contributed by atoms with Gasteiger partial charge in [0.2, 0.25) is 0 Å². The molecule has 0 saturated carbocycles. The van der Waals surface area contributed by atoms with Crippen LogP contribution in [0.4, 0.5) is 10.1 Å². The zero-order chi connectivity index (χ0) is 14.4. The summed E-state index contributed by atoms with van der Waals surface area (Å²) in [6.07, 6.45) is 4.89. The standard InChI is InChI=1S/C17H27FN2/c1-3-14-7-6-11-20(12-10-14)17-15(13-19-4-2)8-5-9-16(17)18/h5,8-9,14,19H,3-4,6-7,10-13H2,1-2H3. The second-order valence-corrected chi connectivity index (χ2v) is 5.72. The molecule has 0 spiro atoms. The lowest BCUT2D eigenvalue weighted by Gasteiger charge is -2.26. The van der Waals surface area contributed by atoms with Gasteiger partial charge in [0.15, 0.2) is 0 Å². The number of nitrogens with zero attached hydrogens (tertiary/aromatic N) is 1. The van der Waals surface area contributed by atoms with E-state index in [1.165, 1.54) is 25.7 Å². The highest BCUT2D eigenvalue weighted by atomic mass is 19.1. The van der Waals surface area contributed by atoms with Crippen LogP contribution in [0.1, 0.15) is 45.1 Å². The largest absolute Gasteiger partial charge is 0.369 e. The van der Waals surface area contributed by atoms with E-state index in [0.29, 0.717) is 0 Å². The SMILES string of the molecule is CCNCc1cccc(F)c1N1CCCC(CC)CC1. The Morgan fingerprint density at radius 3 is 2.85 bits per heavy atom. The van der Waals surface area contributed by atoms with Gasteiger partial charge in [-0.05, 0) is 43.4 Å². The third-order valence-corrected chi connectivity index (χ3v) is 4.38. The van der Waals surface area contributed by atoms with E-state index in [4.69, 9.17) is 0 Å². The summed E-state index contributed by atoms with van der Waals surface area (Å²) in [7, 11) is 0. The molecule has 3 heteroatoms. The van der Waals surface area contributed by atoms with Gasteiger partial charge >= 0.3 is 0 Å². The van der Waals surface area contributed by atoms with Gasteiger partial charge in [-0.2, -0.15) is 0 Å². The van der Waals surface area contributed by atoms with E-state index in [1.54, 1.807) is 6.07 Å². The molecule has 1 aromatic carbocycles. The lowest BCUT2D eigenvalue weighted by atomic mass is 9.98. The molecule has 1 aliphatic heterocycles. The van der Waals surface area contributed by atoms with Crippen LogP contribution in [0.3, 0.4) is 0 Å². The molecule has 112 valence electrons. The highest BCUT2D eigenvalue weighted by Gasteiger charge is 2.20. The number of nitrogens with one attached hydrogen (secondary N) is 1. The minimum atomic E-state index is -0.0737. The van der Waals surface area contributed by atoms with E-state index in [9.17, 15) is 4.39 Å². The minimum Gasteiger partial charge on any atom is -0.369 e. The Labute approximate surface area is 122 Å². The molecule has 0 aliphatic carbocycles. The predicted molar refractivity (Wildman–Crippen MR) is 83.6 cm³/mol. The van der Waals surface area contributed by atoms with Crippen LogP contribution in [-0.2, 0) is 6.54 Å². The fraction of sp³-hybridized carbons (Fsp3) is 0.647. The van der Waals surface area contributed by atoms with Crippen molar-refractivity contribution in [3.05, 3.63) is 29.6 Å². The summed E-state index contributed by atoms with van der Waals surface area (Å²) in [5.41, 5.74) is 1.91. The Hall–Kier alpha value is -1.09. The van der Waals surface area contributed by atoms with E-state index in [-0.39, 0.29) is 5.82 Å². The average Bonchev–Trinajstić information content (AvgIpc) is 2.70. The molecule has 0 radical (unpaired) electrons. The van der Waals surface area contributed by atoms with Crippen LogP contribution >= 0.6 is 0 Å². The van der Waals surface area contributed by atoms with Gasteiger partial charge in [0.25, 0.3) is 0 Å². The van der Waals surface area contributed by atoms with Crippen molar-refractivity contribution < 1.29 is 4.39 Å². The van der Waals surface area contributed by atoms with Crippen molar-refractivity contribution in [2.45, 2.75) is 46.1 Å². The molecule has 1 aliphatic rings. The second kappa shape index (κ2) is 7.63. The van der Waals surface area contributed by atoms with Gasteiger partial charge in [0, 0.05) is 19.6 Å². The molecule has 1 heterocycles. The molecule has 1 fully saturated rings. The molecular weight excluding hydrogens is 251 g/mol. The Kier molecular flexibility index (Phi) is 5.84. The van der Waals surface area contributed by atoms with E-state index in [2.05, 4.69) is 24.1 Å². The first kappa shape index (κ1) is 15.3. The first-order chi connectivity index (χ1) is 9.76. The number of halogens is 1. The number of para-hydroxylation sites is 1. The van der Waals surface area contributed by atoms with Crippen LogP contribution < -0.4 is 10.2 Å². The Morgan fingerprint density at radius 2 is 2.10 bits per heavy atom. The summed E-state index contributed by atoms with van der Waals surface area (Å²) in [4.78, 5) is 2.26. The first-order valence-corrected chi connectivity index (χ1v) is 7.99. The predicted octanol–water partition coefficient (Wildman–Crippen LogP) is 3.95. The van der Waals surface area contributed by atoms with E-state index >= 15 is 0 Å². The number of anilines is 1. The van der Waals surface area contributed by atoms with Gasteiger partial charge in [-0.1, -0.05) is 32.4 Å². The highest BCUT2D eigenvalue weighted by Crippen LogP contribution is 2.29. The number of benzene rings is 1. The molecule has 1 saturated heterocycles. The lowest BCUT2D eigenvalue weighted by Crippen LogP contribution is -2.27. The monoisotopic (exact) mass is 278 g/mol. The maximum absolute atomic E-state index is 14.3. The summed E-state index contributed by atoms with van der Waals surface area (Å²) in [6, 6.07) is 5.45. The Balaban J connectivity index is 2.17. The van der Waals surface area contributed by atoms with Gasteiger partial charge in [-0.3, -0.25) is 0 Å². The third kappa shape index (κ3) is 3.72. The summed E-state index contributed by atoms with van der Waals surface area (Å²) in [5.74, 6) is 0.736. The molecule has 0 amide bonds. The molecule has 1 aromatic rings. The molecule has 1 unspecified atom stereocenters. The molecule has 20 heavy (non-hydrogen) atoms. The first-order valence-electron chi connectivity index (χ1n) is 7.99. The average molecular weight is 278 g/mol. The number of rotatable bonds is 5. The fourth-order valence-electron chi connectivity index (χ4n) is 3.11. The number of hydrogen-bond donors (Lipinski definition) is 1. The lowest BCUT2D eigenvalue weighted by molar-refractivity contribution is 0.459. The van der Waals surface area contributed by atoms with Crippen LogP contribution in [-0.4, -0.2) is 19.6 Å². The quantitative estimate of drug-likeness (QED) is 0.877. The van der Waals surface area contributed by atoms with Gasteiger partial charge in [0.1, 0.15) is 5.82 Å². The van der Waals surface area contributed by atoms with Crippen molar-refractivity contribution in [1.82, 2.24) is 5.32 Å². The summed E-state index contributed by atoms with van der Waals surface area (Å²) in [6.45, 7) is 7.97. The van der Waals surface area contributed by atoms with Crippen molar-refractivity contribution in [1.29, 1.82) is 0 Å². The van der Waals surface area contributed by atoms with Crippen LogP contribution in [0, 0.1) is 11.7 Å². The topological polar surface area (TPSA) is 15.3 Å². The summed E-state index contributed by atoms with van der Waals surface area (Å²) < 4.78 is 14.3. The molecule has 2 nitrogen and oxygen atoms in total. The van der Waals surface area contributed by atoms with Crippen LogP contribution in [0.2, 0.25) is 0 Å². The summed E-state index contributed by atoms with van der Waals surface area (Å²) >= 11 is 0. The van der Waals surface area contributed by atoms with Gasteiger partial charge in [-0.25, -0.2) is 4.39 Å². The number of hydrogen-bond acceptors (Lipinski definition) is 2. The molecule has 1 atom stereocenters. The second-order valence-electron chi connectivity index (χ2n) is 5.72. The maximum atomic E-state index is 14.3.